The molecule has 118 valence electrons. The van der Waals surface area contributed by atoms with Crippen LogP contribution in [0, 0.1) is 13.8 Å². The Hall–Kier alpha value is -2.10. The smallest absolute Gasteiger partial charge is 0.262 e. The predicted octanol–water partition coefficient (Wildman–Crippen LogP) is 4.32. The van der Waals surface area contributed by atoms with E-state index in [1.54, 1.807) is 28.8 Å². The van der Waals surface area contributed by atoms with E-state index in [0.717, 1.165) is 28.7 Å². The number of aromatic nitrogens is 1. The summed E-state index contributed by atoms with van der Waals surface area (Å²) in [7, 11) is 1.92. The van der Waals surface area contributed by atoms with Crippen LogP contribution in [-0.2, 0) is 6.54 Å². The monoisotopic (exact) mass is 326 g/mol. The molecule has 1 aromatic heterocycles. The van der Waals surface area contributed by atoms with Crippen molar-refractivity contribution in [2.24, 2.45) is 0 Å². The predicted molar refractivity (Wildman–Crippen MR) is 95.4 cm³/mol. The molecule has 0 aliphatic heterocycles. The third kappa shape index (κ3) is 2.78. The summed E-state index contributed by atoms with van der Waals surface area (Å²) in [6.45, 7) is 4.79. The van der Waals surface area contributed by atoms with E-state index in [-0.39, 0.29) is 5.91 Å². The van der Waals surface area contributed by atoms with Crippen LogP contribution in [0.15, 0.2) is 42.5 Å². The molecular formula is C19H19ClN2O. The quantitative estimate of drug-likeness (QED) is 0.777. The lowest BCUT2D eigenvalue weighted by molar-refractivity contribution is 0.0963. The van der Waals surface area contributed by atoms with Gasteiger partial charge in [-0.2, -0.15) is 0 Å². The first-order valence-electron chi connectivity index (χ1n) is 7.58. The van der Waals surface area contributed by atoms with Crippen LogP contribution in [0.2, 0.25) is 5.02 Å². The van der Waals surface area contributed by atoms with Gasteiger partial charge in [-0.05, 0) is 62.9 Å². The summed E-state index contributed by atoms with van der Waals surface area (Å²) in [4.78, 5) is 13.0. The van der Waals surface area contributed by atoms with Crippen LogP contribution in [0.5, 0.6) is 0 Å². The Morgan fingerprint density at radius 1 is 1.13 bits per heavy atom. The van der Waals surface area contributed by atoms with E-state index in [4.69, 9.17) is 11.6 Å². The number of hydrogen-bond donors (Lipinski definition) is 1. The number of fused-ring (bicyclic) bond motifs is 1. The van der Waals surface area contributed by atoms with Crippen molar-refractivity contribution in [3.05, 3.63) is 69.9 Å². The maximum absolute atomic E-state index is 13.0. The standard InChI is InChI=1S/C19H19ClN2O/c1-12-4-9-18-16(10-12)17(11-21-3)13(2)22(18)19(23)14-5-7-15(20)8-6-14/h4-10,21H,11H2,1-3H3. The molecule has 4 heteroatoms. The summed E-state index contributed by atoms with van der Waals surface area (Å²) in [5.74, 6) is -0.0321. The lowest BCUT2D eigenvalue weighted by atomic mass is 10.1. The Morgan fingerprint density at radius 2 is 1.83 bits per heavy atom. The van der Waals surface area contributed by atoms with E-state index < -0.39 is 0 Å². The van der Waals surface area contributed by atoms with E-state index in [1.165, 1.54) is 5.56 Å². The van der Waals surface area contributed by atoms with Gasteiger partial charge in [-0.3, -0.25) is 9.36 Å². The molecule has 0 spiro atoms. The molecule has 0 fully saturated rings. The molecule has 0 saturated heterocycles. The minimum absolute atomic E-state index is 0.0321. The van der Waals surface area contributed by atoms with E-state index >= 15 is 0 Å². The topological polar surface area (TPSA) is 34.0 Å². The van der Waals surface area contributed by atoms with Crippen LogP contribution < -0.4 is 5.32 Å². The molecule has 0 atom stereocenters. The van der Waals surface area contributed by atoms with E-state index in [1.807, 2.05) is 26.1 Å². The highest BCUT2D eigenvalue weighted by atomic mass is 35.5. The van der Waals surface area contributed by atoms with Gasteiger partial charge in [0.2, 0.25) is 0 Å². The van der Waals surface area contributed by atoms with Crippen LogP contribution in [0.4, 0.5) is 0 Å². The molecule has 2 aromatic carbocycles. The summed E-state index contributed by atoms with van der Waals surface area (Å²) in [5.41, 5.74) is 4.89. The summed E-state index contributed by atoms with van der Waals surface area (Å²) in [5, 5.41) is 4.95. The number of aryl methyl sites for hydroxylation is 1. The van der Waals surface area contributed by atoms with Gasteiger partial charge in [0.05, 0.1) is 5.52 Å². The van der Waals surface area contributed by atoms with Gasteiger partial charge in [-0.1, -0.05) is 23.2 Å². The van der Waals surface area contributed by atoms with Crippen molar-refractivity contribution in [2.45, 2.75) is 20.4 Å². The van der Waals surface area contributed by atoms with Crippen molar-refractivity contribution in [1.29, 1.82) is 0 Å². The van der Waals surface area contributed by atoms with Crippen LogP contribution >= 0.6 is 11.6 Å². The van der Waals surface area contributed by atoms with Crippen molar-refractivity contribution in [3.63, 3.8) is 0 Å². The fraction of sp³-hybridized carbons (Fsp3) is 0.211. The Bertz CT molecular complexity index is 879. The Labute approximate surface area is 140 Å². The average molecular weight is 327 g/mol. The third-order valence-electron chi connectivity index (χ3n) is 4.14. The maximum atomic E-state index is 13.0. The molecule has 1 heterocycles. The van der Waals surface area contributed by atoms with Gasteiger partial charge in [-0.25, -0.2) is 0 Å². The Kier molecular flexibility index (Phi) is 4.24. The first-order valence-corrected chi connectivity index (χ1v) is 7.96. The fourth-order valence-corrected chi connectivity index (χ4v) is 3.11. The molecule has 3 aromatic rings. The van der Waals surface area contributed by atoms with Gasteiger partial charge < -0.3 is 5.32 Å². The number of rotatable bonds is 3. The molecule has 0 amide bonds. The molecule has 3 rings (SSSR count). The summed E-state index contributed by atoms with van der Waals surface area (Å²) >= 11 is 5.93. The van der Waals surface area contributed by atoms with Crippen LogP contribution in [0.3, 0.4) is 0 Å². The molecule has 0 aliphatic rings. The third-order valence-corrected chi connectivity index (χ3v) is 4.39. The number of carbonyl (C=O) groups excluding carboxylic acids is 1. The number of benzene rings is 2. The van der Waals surface area contributed by atoms with E-state index in [9.17, 15) is 4.79 Å². The van der Waals surface area contributed by atoms with Crippen LogP contribution in [-0.4, -0.2) is 17.5 Å². The van der Waals surface area contributed by atoms with Gasteiger partial charge in [0, 0.05) is 28.2 Å². The van der Waals surface area contributed by atoms with Crippen LogP contribution in [0.1, 0.15) is 27.2 Å². The zero-order valence-electron chi connectivity index (χ0n) is 13.5. The first kappa shape index (κ1) is 15.8. The number of halogens is 1. The highest BCUT2D eigenvalue weighted by Crippen LogP contribution is 2.28. The fourth-order valence-electron chi connectivity index (χ4n) is 2.98. The van der Waals surface area contributed by atoms with Gasteiger partial charge in [0.1, 0.15) is 0 Å². The largest absolute Gasteiger partial charge is 0.316 e. The van der Waals surface area contributed by atoms with Gasteiger partial charge >= 0.3 is 0 Å². The SMILES string of the molecule is CNCc1c(C)n(C(=O)c2ccc(Cl)cc2)c2ccc(C)cc12. The normalized spacial score (nSPS) is 11.1. The molecule has 0 saturated carbocycles. The minimum Gasteiger partial charge on any atom is -0.316 e. The van der Waals surface area contributed by atoms with Crippen molar-refractivity contribution in [1.82, 2.24) is 9.88 Å². The van der Waals surface area contributed by atoms with Gasteiger partial charge in [0.15, 0.2) is 0 Å². The minimum atomic E-state index is -0.0321. The molecule has 0 aliphatic carbocycles. The highest BCUT2D eigenvalue weighted by molar-refractivity contribution is 6.30. The zero-order chi connectivity index (χ0) is 16.6. The highest BCUT2D eigenvalue weighted by Gasteiger charge is 2.19. The number of hydrogen-bond acceptors (Lipinski definition) is 2. The van der Waals surface area contributed by atoms with Crippen molar-refractivity contribution in [3.8, 4) is 0 Å². The lowest BCUT2D eigenvalue weighted by Gasteiger charge is -2.08. The van der Waals surface area contributed by atoms with Crippen molar-refractivity contribution in [2.75, 3.05) is 7.05 Å². The van der Waals surface area contributed by atoms with Crippen LogP contribution in [0.25, 0.3) is 10.9 Å². The average Bonchev–Trinajstić information content (AvgIpc) is 2.80. The summed E-state index contributed by atoms with van der Waals surface area (Å²) in [6, 6.07) is 13.2. The summed E-state index contributed by atoms with van der Waals surface area (Å²) in [6.07, 6.45) is 0. The molecule has 1 N–H and O–H groups in total. The Morgan fingerprint density at radius 3 is 2.48 bits per heavy atom. The second-order valence-electron chi connectivity index (χ2n) is 5.76. The summed E-state index contributed by atoms with van der Waals surface area (Å²) < 4.78 is 1.80. The zero-order valence-corrected chi connectivity index (χ0v) is 14.2. The molecular weight excluding hydrogens is 308 g/mol. The molecule has 3 nitrogen and oxygen atoms in total. The van der Waals surface area contributed by atoms with Gasteiger partial charge in [-0.15, -0.1) is 0 Å². The van der Waals surface area contributed by atoms with E-state index in [2.05, 4.69) is 18.3 Å². The first-order chi connectivity index (χ1) is 11.0. The number of nitrogens with zero attached hydrogens (tertiary/aromatic N) is 1. The molecule has 0 bridgehead atoms. The maximum Gasteiger partial charge on any atom is 0.262 e. The lowest BCUT2D eigenvalue weighted by Crippen LogP contribution is -2.14. The number of nitrogens with one attached hydrogen (secondary N) is 1. The Balaban J connectivity index is 2.22. The van der Waals surface area contributed by atoms with Crippen molar-refractivity contribution >= 4 is 28.4 Å². The molecule has 23 heavy (non-hydrogen) atoms. The molecule has 0 radical (unpaired) electrons. The van der Waals surface area contributed by atoms with E-state index in [0.29, 0.717) is 10.6 Å². The molecule has 0 unspecified atom stereocenters. The second kappa shape index (κ2) is 6.19. The number of carbonyl (C=O) groups is 1. The van der Waals surface area contributed by atoms with Gasteiger partial charge in [0.25, 0.3) is 5.91 Å². The second-order valence-corrected chi connectivity index (χ2v) is 6.20. The van der Waals surface area contributed by atoms with Crippen molar-refractivity contribution < 1.29 is 4.79 Å².